The van der Waals surface area contributed by atoms with E-state index in [9.17, 15) is 4.39 Å². The van der Waals surface area contributed by atoms with Crippen LogP contribution < -0.4 is 5.73 Å². The Bertz CT molecular complexity index is 755. The SMILES string of the molecule is Nc1cc(-c2nc(-c3ccc(F)cc3)no2)ccc1Cl. The largest absolute Gasteiger partial charge is 0.398 e. The van der Waals surface area contributed by atoms with Crippen LogP contribution in [0, 0.1) is 5.82 Å². The number of nitrogens with zero attached hydrogens (tertiary/aromatic N) is 2. The number of halogens is 2. The molecule has 0 spiro atoms. The highest BCUT2D eigenvalue weighted by atomic mass is 35.5. The predicted molar refractivity (Wildman–Crippen MR) is 74.6 cm³/mol. The minimum atomic E-state index is -0.317. The smallest absolute Gasteiger partial charge is 0.258 e. The van der Waals surface area contributed by atoms with E-state index in [0.29, 0.717) is 33.6 Å². The maximum Gasteiger partial charge on any atom is 0.258 e. The maximum atomic E-state index is 12.9. The van der Waals surface area contributed by atoms with Gasteiger partial charge in [-0.05, 0) is 42.5 Å². The lowest BCUT2D eigenvalue weighted by Crippen LogP contribution is -1.87. The van der Waals surface area contributed by atoms with Gasteiger partial charge in [-0.15, -0.1) is 0 Å². The van der Waals surface area contributed by atoms with E-state index in [-0.39, 0.29) is 5.82 Å². The summed E-state index contributed by atoms with van der Waals surface area (Å²) in [7, 11) is 0. The zero-order chi connectivity index (χ0) is 14.1. The Kier molecular flexibility index (Phi) is 3.12. The van der Waals surface area contributed by atoms with Crippen LogP contribution >= 0.6 is 11.6 Å². The molecule has 0 aliphatic rings. The highest BCUT2D eigenvalue weighted by Gasteiger charge is 2.11. The van der Waals surface area contributed by atoms with Gasteiger partial charge in [0.15, 0.2) is 0 Å². The molecule has 100 valence electrons. The van der Waals surface area contributed by atoms with E-state index in [2.05, 4.69) is 10.1 Å². The summed E-state index contributed by atoms with van der Waals surface area (Å²) in [5.74, 6) is 0.393. The van der Waals surface area contributed by atoms with Gasteiger partial charge in [-0.2, -0.15) is 4.98 Å². The number of hydrogen-bond acceptors (Lipinski definition) is 4. The summed E-state index contributed by atoms with van der Waals surface area (Å²) in [6.45, 7) is 0. The Labute approximate surface area is 119 Å². The monoisotopic (exact) mass is 289 g/mol. The van der Waals surface area contributed by atoms with Crippen molar-refractivity contribution in [2.75, 3.05) is 5.73 Å². The van der Waals surface area contributed by atoms with Crippen LogP contribution in [0.4, 0.5) is 10.1 Å². The Morgan fingerprint density at radius 2 is 1.75 bits per heavy atom. The fraction of sp³-hybridized carbons (Fsp3) is 0. The summed E-state index contributed by atoms with van der Waals surface area (Å²) < 4.78 is 18.0. The molecule has 4 nitrogen and oxygen atoms in total. The van der Waals surface area contributed by atoms with E-state index in [0.717, 1.165) is 0 Å². The quantitative estimate of drug-likeness (QED) is 0.729. The van der Waals surface area contributed by atoms with Crippen molar-refractivity contribution in [3.8, 4) is 22.8 Å². The summed E-state index contributed by atoms with van der Waals surface area (Å²) in [6, 6.07) is 10.9. The van der Waals surface area contributed by atoms with Crippen molar-refractivity contribution in [2.24, 2.45) is 0 Å². The molecule has 0 saturated carbocycles. The first-order chi connectivity index (χ1) is 9.63. The van der Waals surface area contributed by atoms with Crippen LogP contribution in [0.1, 0.15) is 0 Å². The fourth-order valence-electron chi connectivity index (χ4n) is 1.73. The fourth-order valence-corrected chi connectivity index (χ4v) is 1.85. The summed E-state index contributed by atoms with van der Waals surface area (Å²) >= 11 is 5.86. The van der Waals surface area contributed by atoms with Crippen LogP contribution in [0.15, 0.2) is 47.0 Å². The van der Waals surface area contributed by atoms with E-state index >= 15 is 0 Å². The molecule has 0 saturated heterocycles. The molecular formula is C14H9ClFN3O. The number of nitrogen functional groups attached to an aromatic ring is 1. The summed E-state index contributed by atoms with van der Waals surface area (Å²) in [5, 5.41) is 4.33. The lowest BCUT2D eigenvalue weighted by molar-refractivity contribution is 0.432. The van der Waals surface area contributed by atoms with Crippen LogP contribution in [0.3, 0.4) is 0 Å². The molecule has 2 N–H and O–H groups in total. The molecule has 0 bridgehead atoms. The molecule has 3 aromatic rings. The second kappa shape index (κ2) is 4.94. The van der Waals surface area contributed by atoms with Crippen LogP contribution in [0.2, 0.25) is 5.02 Å². The van der Waals surface area contributed by atoms with E-state index in [1.54, 1.807) is 30.3 Å². The maximum absolute atomic E-state index is 12.9. The lowest BCUT2D eigenvalue weighted by Gasteiger charge is -1.98. The van der Waals surface area contributed by atoms with Gasteiger partial charge in [0, 0.05) is 11.1 Å². The van der Waals surface area contributed by atoms with Gasteiger partial charge in [0.1, 0.15) is 5.82 Å². The normalized spacial score (nSPS) is 10.7. The van der Waals surface area contributed by atoms with Crippen molar-refractivity contribution in [3.63, 3.8) is 0 Å². The van der Waals surface area contributed by atoms with Gasteiger partial charge in [-0.3, -0.25) is 0 Å². The van der Waals surface area contributed by atoms with Crippen LogP contribution in [0.5, 0.6) is 0 Å². The molecule has 20 heavy (non-hydrogen) atoms. The number of aromatic nitrogens is 2. The molecule has 0 unspecified atom stereocenters. The van der Waals surface area contributed by atoms with Crippen molar-refractivity contribution in [3.05, 3.63) is 53.3 Å². The van der Waals surface area contributed by atoms with Crippen LogP contribution in [-0.4, -0.2) is 10.1 Å². The number of anilines is 1. The first-order valence-corrected chi connectivity index (χ1v) is 6.16. The van der Waals surface area contributed by atoms with E-state index in [4.69, 9.17) is 21.9 Å². The average Bonchev–Trinajstić information content (AvgIpc) is 2.92. The molecule has 1 aromatic heterocycles. The van der Waals surface area contributed by atoms with Crippen molar-refractivity contribution < 1.29 is 8.91 Å². The highest BCUT2D eigenvalue weighted by Crippen LogP contribution is 2.27. The third kappa shape index (κ3) is 2.35. The van der Waals surface area contributed by atoms with Gasteiger partial charge < -0.3 is 10.3 Å². The Balaban J connectivity index is 1.97. The third-order valence-electron chi connectivity index (χ3n) is 2.77. The van der Waals surface area contributed by atoms with E-state index in [1.165, 1.54) is 12.1 Å². The van der Waals surface area contributed by atoms with Crippen molar-refractivity contribution in [1.29, 1.82) is 0 Å². The molecule has 0 aliphatic heterocycles. The minimum Gasteiger partial charge on any atom is -0.398 e. The van der Waals surface area contributed by atoms with Gasteiger partial charge in [-0.25, -0.2) is 4.39 Å². The molecule has 0 atom stereocenters. The average molecular weight is 290 g/mol. The molecule has 0 amide bonds. The Morgan fingerprint density at radius 3 is 2.45 bits per heavy atom. The molecule has 0 aliphatic carbocycles. The van der Waals surface area contributed by atoms with Gasteiger partial charge in [-0.1, -0.05) is 16.8 Å². The van der Waals surface area contributed by atoms with Gasteiger partial charge in [0.2, 0.25) is 5.82 Å². The summed E-state index contributed by atoms with van der Waals surface area (Å²) in [5.41, 5.74) is 7.51. The van der Waals surface area contributed by atoms with Crippen LogP contribution in [0.25, 0.3) is 22.8 Å². The number of benzene rings is 2. The van der Waals surface area contributed by atoms with Crippen molar-refractivity contribution in [2.45, 2.75) is 0 Å². The first-order valence-electron chi connectivity index (χ1n) is 5.78. The molecule has 0 fully saturated rings. The zero-order valence-corrected chi connectivity index (χ0v) is 10.9. The lowest BCUT2D eigenvalue weighted by atomic mass is 10.2. The molecule has 1 heterocycles. The predicted octanol–water partition coefficient (Wildman–Crippen LogP) is 3.78. The Morgan fingerprint density at radius 1 is 1.05 bits per heavy atom. The van der Waals surface area contributed by atoms with E-state index < -0.39 is 0 Å². The van der Waals surface area contributed by atoms with Crippen LogP contribution in [-0.2, 0) is 0 Å². The second-order valence-electron chi connectivity index (χ2n) is 4.17. The molecule has 2 aromatic carbocycles. The second-order valence-corrected chi connectivity index (χ2v) is 4.57. The third-order valence-corrected chi connectivity index (χ3v) is 3.12. The Hall–Kier alpha value is -2.40. The molecular weight excluding hydrogens is 281 g/mol. The first kappa shape index (κ1) is 12.6. The zero-order valence-electron chi connectivity index (χ0n) is 10.2. The van der Waals surface area contributed by atoms with Crippen molar-refractivity contribution in [1.82, 2.24) is 10.1 Å². The number of nitrogens with two attached hydrogens (primary N) is 1. The molecule has 6 heteroatoms. The summed E-state index contributed by atoms with van der Waals surface area (Å²) in [6.07, 6.45) is 0. The highest BCUT2D eigenvalue weighted by molar-refractivity contribution is 6.33. The minimum absolute atomic E-state index is 0.317. The number of hydrogen-bond donors (Lipinski definition) is 1. The summed E-state index contributed by atoms with van der Waals surface area (Å²) in [4.78, 5) is 4.25. The standard InChI is InChI=1S/C14H9ClFN3O/c15-11-6-3-9(7-12(11)17)14-18-13(19-20-14)8-1-4-10(16)5-2-8/h1-7H,17H2. The van der Waals surface area contributed by atoms with E-state index in [1.807, 2.05) is 0 Å². The number of rotatable bonds is 2. The van der Waals surface area contributed by atoms with Crippen molar-refractivity contribution >= 4 is 17.3 Å². The molecule has 3 rings (SSSR count). The van der Waals surface area contributed by atoms with Gasteiger partial charge >= 0.3 is 0 Å². The molecule has 0 radical (unpaired) electrons. The van der Waals surface area contributed by atoms with Gasteiger partial charge in [0.05, 0.1) is 10.7 Å². The van der Waals surface area contributed by atoms with Gasteiger partial charge in [0.25, 0.3) is 5.89 Å². The topological polar surface area (TPSA) is 64.9 Å².